The molecule has 2 rings (SSSR count). The number of hydrogen-bond acceptors (Lipinski definition) is 3. The fraction of sp³-hybridized carbons (Fsp3) is 0.308. The minimum atomic E-state index is 0.794. The van der Waals surface area contributed by atoms with Gasteiger partial charge in [0.05, 0.1) is 7.11 Å². The third kappa shape index (κ3) is 2.47. The van der Waals surface area contributed by atoms with Crippen LogP contribution in [0, 0.1) is 6.92 Å². The summed E-state index contributed by atoms with van der Waals surface area (Å²) >= 11 is 0. The highest BCUT2D eigenvalue weighted by Gasteiger charge is 2.05. The van der Waals surface area contributed by atoms with Crippen LogP contribution < -0.4 is 10.1 Å². The van der Waals surface area contributed by atoms with Crippen molar-refractivity contribution >= 4 is 0 Å². The van der Waals surface area contributed by atoms with Crippen molar-refractivity contribution in [2.75, 3.05) is 14.2 Å². The molecule has 0 fully saturated rings. The molecule has 0 unspecified atom stereocenters. The molecule has 4 nitrogen and oxygen atoms in total. The van der Waals surface area contributed by atoms with E-state index in [1.807, 2.05) is 32.3 Å². The third-order valence-corrected chi connectivity index (χ3v) is 2.66. The van der Waals surface area contributed by atoms with Crippen molar-refractivity contribution in [3.8, 4) is 17.1 Å². The van der Waals surface area contributed by atoms with Gasteiger partial charge < -0.3 is 15.0 Å². The van der Waals surface area contributed by atoms with Crippen LogP contribution in [-0.4, -0.2) is 24.1 Å². The predicted octanol–water partition coefficient (Wildman–Crippen LogP) is 2.11. The minimum Gasteiger partial charge on any atom is -0.496 e. The second kappa shape index (κ2) is 5.01. The topological polar surface area (TPSA) is 49.9 Å². The first kappa shape index (κ1) is 11.7. The zero-order valence-electron chi connectivity index (χ0n) is 10.4. The highest BCUT2D eigenvalue weighted by Crippen LogP contribution is 2.24. The minimum absolute atomic E-state index is 0.794. The van der Waals surface area contributed by atoms with Gasteiger partial charge in [-0.1, -0.05) is 0 Å². The van der Waals surface area contributed by atoms with Crippen LogP contribution in [0.25, 0.3) is 11.4 Å². The van der Waals surface area contributed by atoms with Crippen LogP contribution in [0.15, 0.2) is 24.4 Å². The maximum absolute atomic E-state index is 5.24. The van der Waals surface area contributed by atoms with Gasteiger partial charge in [0, 0.05) is 24.0 Å². The Kier molecular flexibility index (Phi) is 3.44. The van der Waals surface area contributed by atoms with Gasteiger partial charge in [0.25, 0.3) is 0 Å². The highest BCUT2D eigenvalue weighted by atomic mass is 16.5. The standard InChI is InChI=1S/C13H17N3O/c1-9-6-10(4-5-12(9)17-3)13-15-8-11(16-13)7-14-2/h4-6,8,14H,7H2,1-3H3,(H,15,16). The molecular weight excluding hydrogens is 214 g/mol. The molecule has 0 amide bonds. The highest BCUT2D eigenvalue weighted by molar-refractivity contribution is 5.58. The van der Waals surface area contributed by atoms with Gasteiger partial charge in [0.1, 0.15) is 11.6 Å². The van der Waals surface area contributed by atoms with E-state index in [1.165, 1.54) is 0 Å². The summed E-state index contributed by atoms with van der Waals surface area (Å²) in [5.74, 6) is 1.79. The Morgan fingerprint density at radius 3 is 2.88 bits per heavy atom. The van der Waals surface area contributed by atoms with Crippen LogP contribution in [0.1, 0.15) is 11.3 Å². The molecule has 1 aromatic carbocycles. The smallest absolute Gasteiger partial charge is 0.137 e. The Labute approximate surface area is 101 Å². The summed E-state index contributed by atoms with van der Waals surface area (Å²) < 4.78 is 5.24. The van der Waals surface area contributed by atoms with Crippen LogP contribution in [-0.2, 0) is 6.54 Å². The Morgan fingerprint density at radius 2 is 2.24 bits per heavy atom. The molecule has 0 bridgehead atoms. The van der Waals surface area contributed by atoms with E-state index >= 15 is 0 Å². The van der Waals surface area contributed by atoms with E-state index in [0.29, 0.717) is 0 Å². The third-order valence-electron chi connectivity index (χ3n) is 2.66. The molecule has 0 spiro atoms. The zero-order chi connectivity index (χ0) is 12.3. The van der Waals surface area contributed by atoms with Crippen molar-refractivity contribution in [1.82, 2.24) is 15.3 Å². The van der Waals surface area contributed by atoms with Crippen molar-refractivity contribution in [1.29, 1.82) is 0 Å². The van der Waals surface area contributed by atoms with Gasteiger partial charge in [-0.3, -0.25) is 0 Å². The lowest BCUT2D eigenvalue weighted by Gasteiger charge is -2.05. The fourth-order valence-electron chi connectivity index (χ4n) is 1.81. The molecule has 1 heterocycles. The lowest BCUT2D eigenvalue weighted by molar-refractivity contribution is 0.412. The zero-order valence-corrected chi connectivity index (χ0v) is 10.4. The van der Waals surface area contributed by atoms with Gasteiger partial charge in [-0.05, 0) is 37.7 Å². The van der Waals surface area contributed by atoms with Crippen molar-refractivity contribution in [3.63, 3.8) is 0 Å². The van der Waals surface area contributed by atoms with E-state index in [2.05, 4.69) is 21.4 Å². The van der Waals surface area contributed by atoms with Crippen LogP contribution >= 0.6 is 0 Å². The summed E-state index contributed by atoms with van der Waals surface area (Å²) in [7, 11) is 3.60. The molecule has 0 atom stereocenters. The van der Waals surface area contributed by atoms with Crippen LogP contribution in [0.3, 0.4) is 0 Å². The SMILES string of the molecule is CNCc1cnc(-c2ccc(OC)c(C)c2)[nH]1. The molecule has 0 aliphatic rings. The number of aromatic amines is 1. The number of aromatic nitrogens is 2. The van der Waals surface area contributed by atoms with Gasteiger partial charge in [-0.2, -0.15) is 0 Å². The van der Waals surface area contributed by atoms with Gasteiger partial charge in [-0.25, -0.2) is 4.98 Å². The maximum atomic E-state index is 5.24. The van der Waals surface area contributed by atoms with E-state index in [0.717, 1.165) is 34.9 Å². The number of ether oxygens (including phenoxy) is 1. The average molecular weight is 231 g/mol. The van der Waals surface area contributed by atoms with Gasteiger partial charge in [0.15, 0.2) is 0 Å². The van der Waals surface area contributed by atoms with E-state index in [1.54, 1.807) is 7.11 Å². The molecule has 17 heavy (non-hydrogen) atoms. The van der Waals surface area contributed by atoms with E-state index in [4.69, 9.17) is 4.74 Å². The number of methoxy groups -OCH3 is 1. The van der Waals surface area contributed by atoms with Crippen LogP contribution in [0.4, 0.5) is 0 Å². The molecule has 0 radical (unpaired) electrons. The Balaban J connectivity index is 2.29. The number of benzene rings is 1. The molecule has 2 aromatic rings. The van der Waals surface area contributed by atoms with Crippen molar-refractivity contribution in [3.05, 3.63) is 35.7 Å². The lowest BCUT2D eigenvalue weighted by Crippen LogP contribution is -2.04. The van der Waals surface area contributed by atoms with Crippen LogP contribution in [0.2, 0.25) is 0 Å². The normalized spacial score (nSPS) is 10.5. The fourth-order valence-corrected chi connectivity index (χ4v) is 1.81. The van der Waals surface area contributed by atoms with Gasteiger partial charge in [0.2, 0.25) is 0 Å². The maximum Gasteiger partial charge on any atom is 0.137 e. The summed E-state index contributed by atoms with van der Waals surface area (Å²) in [5, 5.41) is 3.09. The molecule has 1 aromatic heterocycles. The van der Waals surface area contributed by atoms with E-state index in [9.17, 15) is 0 Å². The quantitative estimate of drug-likeness (QED) is 0.847. The molecular formula is C13H17N3O. The Bertz CT molecular complexity index is 505. The predicted molar refractivity (Wildman–Crippen MR) is 68.1 cm³/mol. The number of nitrogens with zero attached hydrogens (tertiary/aromatic N) is 1. The lowest BCUT2D eigenvalue weighted by atomic mass is 10.1. The van der Waals surface area contributed by atoms with Crippen molar-refractivity contribution < 1.29 is 4.74 Å². The largest absolute Gasteiger partial charge is 0.496 e. The monoisotopic (exact) mass is 231 g/mol. The van der Waals surface area contributed by atoms with Crippen LogP contribution in [0.5, 0.6) is 5.75 Å². The summed E-state index contributed by atoms with van der Waals surface area (Å²) in [6.45, 7) is 2.82. The molecule has 0 aliphatic heterocycles. The summed E-state index contributed by atoms with van der Waals surface area (Å²) in [6, 6.07) is 6.04. The number of imidazole rings is 1. The Morgan fingerprint density at radius 1 is 1.41 bits per heavy atom. The van der Waals surface area contributed by atoms with E-state index < -0.39 is 0 Å². The second-order valence-electron chi connectivity index (χ2n) is 3.97. The first-order chi connectivity index (χ1) is 8.24. The molecule has 0 saturated carbocycles. The number of H-pyrrole nitrogens is 1. The molecule has 0 saturated heterocycles. The number of aryl methyl sites for hydroxylation is 1. The Hall–Kier alpha value is -1.81. The molecule has 2 N–H and O–H groups in total. The molecule has 90 valence electrons. The first-order valence-corrected chi connectivity index (χ1v) is 5.58. The number of rotatable bonds is 4. The molecule has 0 aliphatic carbocycles. The van der Waals surface area contributed by atoms with E-state index in [-0.39, 0.29) is 0 Å². The van der Waals surface area contributed by atoms with Crippen molar-refractivity contribution in [2.45, 2.75) is 13.5 Å². The number of nitrogens with one attached hydrogen (secondary N) is 2. The summed E-state index contributed by atoms with van der Waals surface area (Å²) in [6.07, 6.45) is 1.85. The average Bonchev–Trinajstić information content (AvgIpc) is 2.78. The van der Waals surface area contributed by atoms with Gasteiger partial charge >= 0.3 is 0 Å². The summed E-state index contributed by atoms with van der Waals surface area (Å²) in [5.41, 5.74) is 3.26. The first-order valence-electron chi connectivity index (χ1n) is 5.58. The van der Waals surface area contributed by atoms with Crippen molar-refractivity contribution in [2.24, 2.45) is 0 Å². The second-order valence-corrected chi connectivity index (χ2v) is 3.97. The molecule has 4 heteroatoms. The number of hydrogen-bond donors (Lipinski definition) is 2. The summed E-state index contributed by atoms with van der Waals surface area (Å²) in [4.78, 5) is 7.65. The van der Waals surface area contributed by atoms with Gasteiger partial charge in [-0.15, -0.1) is 0 Å².